The molecule has 1 aliphatic rings. The predicted molar refractivity (Wildman–Crippen MR) is 127 cm³/mol. The Balaban J connectivity index is 1.58. The molecule has 5 nitrogen and oxygen atoms in total. The van der Waals surface area contributed by atoms with Crippen LogP contribution >= 0.6 is 0 Å². The first-order valence-corrected chi connectivity index (χ1v) is 13.0. The Morgan fingerprint density at radius 1 is 1.10 bits per heavy atom. The highest BCUT2D eigenvalue weighted by atomic mass is 32.2. The summed E-state index contributed by atoms with van der Waals surface area (Å²) in [6, 6.07) is 12.1. The van der Waals surface area contributed by atoms with Crippen molar-refractivity contribution >= 4 is 21.6 Å². The summed E-state index contributed by atoms with van der Waals surface area (Å²) in [7, 11) is -3.43. The van der Waals surface area contributed by atoms with Crippen LogP contribution in [-0.2, 0) is 27.7 Å². The van der Waals surface area contributed by atoms with Gasteiger partial charge in [-0.15, -0.1) is 0 Å². The molecule has 0 saturated carbocycles. The summed E-state index contributed by atoms with van der Waals surface area (Å²) in [5.74, 6) is -0.0559. The van der Waals surface area contributed by atoms with Crippen LogP contribution in [0.15, 0.2) is 36.4 Å². The van der Waals surface area contributed by atoms with Crippen LogP contribution in [0.1, 0.15) is 66.5 Å². The van der Waals surface area contributed by atoms with Gasteiger partial charge >= 0.3 is 0 Å². The molecule has 6 heteroatoms. The Morgan fingerprint density at radius 3 is 2.52 bits per heavy atom. The second-order valence-corrected chi connectivity index (χ2v) is 10.6. The summed E-state index contributed by atoms with van der Waals surface area (Å²) in [6.07, 6.45) is 6.71. The topological polar surface area (TPSA) is 66.5 Å². The lowest BCUT2D eigenvalue weighted by Crippen LogP contribution is -2.33. The Morgan fingerprint density at radius 2 is 1.81 bits per heavy atom. The molecule has 3 rings (SSSR count). The molecule has 0 radical (unpaired) electrons. The highest BCUT2D eigenvalue weighted by molar-refractivity contribution is 7.92. The first-order valence-electron chi connectivity index (χ1n) is 11.1. The zero-order chi connectivity index (χ0) is 22.6. The maximum atomic E-state index is 12.5. The molecule has 0 saturated heterocycles. The van der Waals surface area contributed by atoms with Crippen molar-refractivity contribution in [3.05, 3.63) is 64.2 Å². The van der Waals surface area contributed by atoms with Gasteiger partial charge in [0.1, 0.15) is 0 Å². The number of anilines is 1. The molecule has 0 spiro atoms. The number of fused-ring (bicyclic) bond motifs is 1. The molecule has 31 heavy (non-hydrogen) atoms. The molecule has 0 unspecified atom stereocenters. The van der Waals surface area contributed by atoms with Crippen LogP contribution in [0.5, 0.6) is 0 Å². The SMILES string of the molecule is Cc1cccc(N(CCCC(=O)N[C@@H](C)c2ccc3c(c2)CCCC3)S(C)(=O)=O)c1C. The molecular weight excluding hydrogens is 408 g/mol. The third-order valence-electron chi connectivity index (χ3n) is 6.26. The lowest BCUT2D eigenvalue weighted by atomic mass is 9.89. The predicted octanol–water partition coefficient (Wildman–Crippen LogP) is 4.61. The Bertz CT molecular complexity index is 1050. The van der Waals surface area contributed by atoms with Crippen molar-refractivity contribution in [3.63, 3.8) is 0 Å². The van der Waals surface area contributed by atoms with Crippen LogP contribution in [0.25, 0.3) is 0 Å². The van der Waals surface area contributed by atoms with E-state index in [-0.39, 0.29) is 24.9 Å². The van der Waals surface area contributed by atoms with Crippen LogP contribution < -0.4 is 9.62 Å². The summed E-state index contributed by atoms with van der Waals surface area (Å²) in [5.41, 5.74) is 6.64. The number of carbonyl (C=O) groups is 1. The van der Waals surface area contributed by atoms with Crippen molar-refractivity contribution < 1.29 is 13.2 Å². The smallest absolute Gasteiger partial charge is 0.232 e. The van der Waals surface area contributed by atoms with E-state index in [1.807, 2.05) is 39.0 Å². The summed E-state index contributed by atoms with van der Waals surface area (Å²) in [4.78, 5) is 12.5. The monoisotopic (exact) mass is 442 g/mol. The van der Waals surface area contributed by atoms with Gasteiger partial charge < -0.3 is 5.32 Å². The van der Waals surface area contributed by atoms with Crippen molar-refractivity contribution in [2.24, 2.45) is 0 Å². The maximum absolute atomic E-state index is 12.5. The second kappa shape index (κ2) is 9.86. The number of hydrogen-bond acceptors (Lipinski definition) is 3. The maximum Gasteiger partial charge on any atom is 0.232 e. The van der Waals surface area contributed by atoms with Gasteiger partial charge in [-0.25, -0.2) is 8.42 Å². The number of aryl methyl sites for hydroxylation is 3. The van der Waals surface area contributed by atoms with E-state index in [4.69, 9.17) is 0 Å². The number of rotatable bonds is 8. The number of carbonyl (C=O) groups excluding carboxylic acids is 1. The fourth-order valence-electron chi connectivity index (χ4n) is 4.27. The van der Waals surface area contributed by atoms with E-state index in [2.05, 4.69) is 23.5 Å². The molecule has 0 heterocycles. The molecule has 168 valence electrons. The standard InChI is InChI=1S/C25H34N2O3S/c1-18-9-7-12-24(19(18)2)27(31(4,29)30)16-8-13-25(28)26-20(3)22-15-14-21-10-5-6-11-23(21)17-22/h7,9,12,14-15,17,20H,5-6,8,10-11,13,16H2,1-4H3,(H,26,28)/t20-/m0/s1. The van der Waals surface area contributed by atoms with Crippen molar-refractivity contribution in [2.75, 3.05) is 17.1 Å². The zero-order valence-electron chi connectivity index (χ0n) is 19.1. The summed E-state index contributed by atoms with van der Waals surface area (Å²) < 4.78 is 26.2. The highest BCUT2D eigenvalue weighted by Gasteiger charge is 2.20. The lowest BCUT2D eigenvalue weighted by molar-refractivity contribution is -0.121. The molecule has 0 aromatic heterocycles. The molecule has 0 aliphatic heterocycles. The van der Waals surface area contributed by atoms with Gasteiger partial charge in [0.2, 0.25) is 15.9 Å². The first-order chi connectivity index (χ1) is 14.7. The number of benzene rings is 2. The highest BCUT2D eigenvalue weighted by Crippen LogP contribution is 2.26. The minimum absolute atomic E-state index is 0.0559. The summed E-state index contributed by atoms with van der Waals surface area (Å²) in [6.45, 7) is 6.18. The van der Waals surface area contributed by atoms with E-state index in [9.17, 15) is 13.2 Å². The van der Waals surface area contributed by atoms with E-state index < -0.39 is 10.0 Å². The molecule has 2 aromatic carbocycles. The zero-order valence-corrected chi connectivity index (χ0v) is 19.9. The quantitative estimate of drug-likeness (QED) is 0.649. The summed E-state index contributed by atoms with van der Waals surface area (Å²) >= 11 is 0. The molecule has 2 aromatic rings. The van der Waals surface area contributed by atoms with Crippen molar-refractivity contribution in [3.8, 4) is 0 Å². The van der Waals surface area contributed by atoms with Crippen LogP contribution in [0.4, 0.5) is 5.69 Å². The fourth-order valence-corrected chi connectivity index (χ4v) is 5.29. The molecule has 1 N–H and O–H groups in total. The van der Waals surface area contributed by atoms with Crippen molar-refractivity contribution in [2.45, 2.75) is 65.3 Å². The second-order valence-electron chi connectivity index (χ2n) is 8.68. The minimum atomic E-state index is -3.43. The third kappa shape index (κ3) is 5.88. The van der Waals surface area contributed by atoms with Crippen molar-refractivity contribution in [1.82, 2.24) is 5.32 Å². The molecular formula is C25H34N2O3S. The summed E-state index contributed by atoms with van der Waals surface area (Å²) in [5, 5.41) is 3.07. The van der Waals surface area contributed by atoms with Crippen LogP contribution in [0, 0.1) is 13.8 Å². The third-order valence-corrected chi connectivity index (χ3v) is 7.44. The number of sulfonamides is 1. The average Bonchev–Trinajstić information content (AvgIpc) is 2.72. The first kappa shape index (κ1) is 23.3. The number of nitrogens with one attached hydrogen (secondary N) is 1. The van der Waals surface area contributed by atoms with Gasteiger partial charge in [0.05, 0.1) is 18.0 Å². The minimum Gasteiger partial charge on any atom is -0.350 e. The van der Waals surface area contributed by atoms with Gasteiger partial charge in [-0.2, -0.15) is 0 Å². The molecule has 1 aliphatic carbocycles. The van der Waals surface area contributed by atoms with Crippen LogP contribution in [0.2, 0.25) is 0 Å². The number of amides is 1. The van der Waals surface area contributed by atoms with E-state index in [1.165, 1.54) is 34.5 Å². The number of hydrogen-bond donors (Lipinski definition) is 1. The fraction of sp³-hybridized carbons (Fsp3) is 0.480. The van der Waals surface area contributed by atoms with Crippen LogP contribution in [0.3, 0.4) is 0 Å². The molecule has 0 bridgehead atoms. The molecule has 1 atom stereocenters. The van der Waals surface area contributed by atoms with Gasteiger partial charge in [0.25, 0.3) is 0 Å². The Labute approximate surface area is 186 Å². The van der Waals surface area contributed by atoms with E-state index in [1.54, 1.807) is 0 Å². The van der Waals surface area contributed by atoms with Gasteiger partial charge in [0.15, 0.2) is 0 Å². The molecule has 0 fully saturated rings. The van der Waals surface area contributed by atoms with E-state index in [0.717, 1.165) is 29.5 Å². The number of nitrogens with zero attached hydrogens (tertiary/aromatic N) is 1. The van der Waals surface area contributed by atoms with Gasteiger partial charge in [-0.1, -0.05) is 30.3 Å². The van der Waals surface area contributed by atoms with Crippen molar-refractivity contribution in [1.29, 1.82) is 0 Å². The lowest BCUT2D eigenvalue weighted by Gasteiger charge is -2.25. The largest absolute Gasteiger partial charge is 0.350 e. The van der Waals surface area contributed by atoms with Gasteiger partial charge in [-0.05, 0) is 86.8 Å². The van der Waals surface area contributed by atoms with Gasteiger partial charge in [0, 0.05) is 13.0 Å². The Hall–Kier alpha value is -2.34. The average molecular weight is 443 g/mol. The van der Waals surface area contributed by atoms with Crippen LogP contribution in [-0.4, -0.2) is 27.1 Å². The van der Waals surface area contributed by atoms with E-state index in [0.29, 0.717) is 12.1 Å². The van der Waals surface area contributed by atoms with Gasteiger partial charge in [-0.3, -0.25) is 9.10 Å². The Kier molecular flexibility index (Phi) is 7.42. The normalized spacial score (nSPS) is 14.6. The van der Waals surface area contributed by atoms with E-state index >= 15 is 0 Å². The molecule has 1 amide bonds.